The summed E-state index contributed by atoms with van der Waals surface area (Å²) >= 11 is 0. The fourth-order valence-electron chi connectivity index (χ4n) is 10.2. The first-order valence-electron chi connectivity index (χ1n) is 25.6. The van der Waals surface area contributed by atoms with E-state index in [1.54, 1.807) is 59.8 Å². The number of carbonyl (C=O) groups is 5. The summed E-state index contributed by atoms with van der Waals surface area (Å²) in [5.41, 5.74) is 0.212. The van der Waals surface area contributed by atoms with E-state index >= 15 is 0 Å². The van der Waals surface area contributed by atoms with Crippen molar-refractivity contribution < 1.29 is 76.8 Å². The Bertz CT molecular complexity index is 2200. The summed E-state index contributed by atoms with van der Waals surface area (Å²) in [7, 11) is 6.77. The molecule has 0 radical (unpaired) electrons. The first kappa shape index (κ1) is 59.3. The Morgan fingerprint density at radius 2 is 1.71 bits per heavy atom. The fraction of sp³-hybridized carbons (Fsp3) is 0.704. The van der Waals surface area contributed by atoms with Crippen LogP contribution in [0.4, 0.5) is 0 Å². The van der Waals surface area contributed by atoms with Gasteiger partial charge in [-0.05, 0) is 91.7 Å². The minimum Gasteiger partial charge on any atom is -0.461 e. The fourth-order valence-corrected chi connectivity index (χ4v) is 10.2. The van der Waals surface area contributed by atoms with Crippen molar-refractivity contribution in [1.82, 2.24) is 14.8 Å². The van der Waals surface area contributed by atoms with E-state index in [-0.39, 0.29) is 38.5 Å². The van der Waals surface area contributed by atoms with Gasteiger partial charge in [-0.3, -0.25) is 24.2 Å². The lowest BCUT2D eigenvalue weighted by Gasteiger charge is -2.50. The molecule has 5 unspecified atom stereocenters. The molecule has 3 aliphatic heterocycles. The van der Waals surface area contributed by atoms with Crippen molar-refractivity contribution in [3.63, 3.8) is 0 Å². The van der Waals surface area contributed by atoms with Gasteiger partial charge in [-0.15, -0.1) is 0 Å². The third-order valence-corrected chi connectivity index (χ3v) is 14.0. The maximum absolute atomic E-state index is 14.2. The number of carbonyl (C=O) groups excluding carboxylic acids is 5. The normalized spacial score (nSPS) is 34.2. The number of hydrogen-bond donors (Lipinski definition) is 2. The molecule has 1 aromatic heterocycles. The number of benzene rings is 1. The van der Waals surface area contributed by atoms with Crippen LogP contribution in [0.3, 0.4) is 0 Å². The van der Waals surface area contributed by atoms with Gasteiger partial charge in [0.1, 0.15) is 36.8 Å². The van der Waals surface area contributed by atoms with Gasteiger partial charge in [0.05, 0.1) is 42.4 Å². The van der Waals surface area contributed by atoms with Gasteiger partial charge in [0, 0.05) is 69.8 Å². The van der Waals surface area contributed by atoms with Gasteiger partial charge >= 0.3 is 23.9 Å². The number of para-hydroxylation sites is 1. The molecule has 2 N–H and O–H groups in total. The smallest absolute Gasteiger partial charge is 0.309 e. The molecule has 0 saturated carbocycles. The molecule has 19 heteroatoms. The molecular weight excluding hydrogens is 947 g/mol. The number of likely N-dealkylation sites (N-methyl/N-ethyl adjacent to an activating group) is 2. The molecule has 0 aliphatic carbocycles. The molecule has 19 nitrogen and oxygen atoms in total. The van der Waals surface area contributed by atoms with Crippen LogP contribution in [-0.4, -0.2) is 182 Å². The lowest BCUT2D eigenvalue weighted by molar-refractivity contribution is -0.344. The molecule has 0 bridgehead atoms. The lowest BCUT2D eigenvalue weighted by Crippen LogP contribution is -2.66. The number of nitrogens with zero attached hydrogens (tertiary/aromatic N) is 3. The highest BCUT2D eigenvalue weighted by atomic mass is 16.7. The number of aliphatic hydroxyl groups excluding tert-OH is 2. The number of aliphatic hydroxyl groups is 2. The van der Waals surface area contributed by atoms with Crippen LogP contribution in [-0.2, 0) is 66.6 Å². The highest BCUT2D eigenvalue weighted by molar-refractivity contribution is 5.79. The second kappa shape index (κ2) is 27.8. The Labute approximate surface area is 430 Å². The number of methoxy groups -OCH3 is 1. The number of aromatic nitrogens is 1. The second-order valence-electron chi connectivity index (χ2n) is 20.2. The zero-order valence-electron chi connectivity index (χ0n) is 44.4. The monoisotopic (exact) mass is 1030 g/mol. The minimum absolute atomic E-state index is 0.0275. The average molecular weight is 1030 g/mol. The van der Waals surface area contributed by atoms with Crippen molar-refractivity contribution >= 4 is 41.1 Å². The van der Waals surface area contributed by atoms with Gasteiger partial charge in [-0.2, -0.15) is 0 Å². The Kier molecular flexibility index (Phi) is 22.6. The molecule has 0 spiro atoms. The maximum atomic E-state index is 14.2. The van der Waals surface area contributed by atoms with Crippen molar-refractivity contribution in [2.24, 2.45) is 11.8 Å². The maximum Gasteiger partial charge on any atom is 0.309 e. The standard InChI is InChI=1S/C54H79N3O16/c1-12-43(61)69-42-28-45(63)68-39(20-16-18-36-27-37-19-14-15-22-40(37)55-30-36)21-17-24-57(10)31-41(60)32(3)26-38(23-25-58)50(51(42)65-11)72-53-48(64)47(56(8)9)49(33(4)67-53)71-46-29-54(7,73-35(6)59)52(34(5)66-46)70-44(62)13-2/h14-15,19,22,25,27,30,32-34,38-39,41-42,46-53,60,64H,12-13,17,20-21,23-24,26,28-29,31H2,1-11H3/t32-,33?,34?,38+,39+,41+,42-,46+,47?,48?,49+,50+,51+,52+,53+,54?/m1/s1. The number of fused-ring (bicyclic) bond motifs is 1. The number of ether oxygens (including phenoxy) is 9. The van der Waals surface area contributed by atoms with Gasteiger partial charge in [-0.25, -0.2) is 0 Å². The summed E-state index contributed by atoms with van der Waals surface area (Å²) in [5.74, 6) is 2.80. The molecule has 0 amide bonds. The quantitative estimate of drug-likeness (QED) is 0.115. The Balaban J connectivity index is 1.46. The molecule has 4 heterocycles. The highest BCUT2D eigenvalue weighted by Gasteiger charge is 2.54. The summed E-state index contributed by atoms with van der Waals surface area (Å²) in [4.78, 5) is 73.1. The largest absolute Gasteiger partial charge is 0.461 e. The molecule has 16 atom stereocenters. The van der Waals surface area contributed by atoms with Crippen LogP contribution >= 0.6 is 0 Å². The zero-order chi connectivity index (χ0) is 53.6. The summed E-state index contributed by atoms with van der Waals surface area (Å²) in [6.45, 7) is 12.4. The van der Waals surface area contributed by atoms with Crippen molar-refractivity contribution in [1.29, 1.82) is 0 Å². The lowest BCUT2D eigenvalue weighted by atomic mass is 9.82. The third-order valence-electron chi connectivity index (χ3n) is 14.0. The Hall–Kier alpha value is -4.62. The SMILES string of the molecule is CCC(=O)O[C@@H]1CC(=O)O[C@@H](CC#Cc2cnc3ccccc3c2)CCCN(C)C[C@H](O)[C@H](C)C[C@H](CC=O)[C@H](O[C@@H]2OC(C)[C@H](O[C@H]3CC(C)(OC(C)=O)[C@@H](OC(=O)CC)C(C)O3)C(N(C)C)C2O)[C@H]1OC. The summed E-state index contributed by atoms with van der Waals surface area (Å²) in [6.07, 6.45) is -9.15. The van der Waals surface area contributed by atoms with Crippen molar-refractivity contribution in [2.45, 2.75) is 192 Å². The topological polar surface area (TPSA) is 228 Å². The van der Waals surface area contributed by atoms with Gasteiger partial charge < -0.3 is 67.4 Å². The van der Waals surface area contributed by atoms with E-state index in [9.17, 15) is 34.2 Å². The number of esters is 4. The van der Waals surface area contributed by atoms with Crippen LogP contribution in [0.15, 0.2) is 36.5 Å². The minimum atomic E-state index is -1.45. The molecule has 3 aliphatic rings. The van der Waals surface area contributed by atoms with E-state index < -0.39 is 127 Å². The number of cyclic esters (lactones) is 1. The number of aldehydes is 1. The molecule has 5 rings (SSSR count). The van der Waals surface area contributed by atoms with Crippen molar-refractivity contribution in [3.8, 4) is 11.8 Å². The average Bonchev–Trinajstić information content (AvgIpc) is 3.32. The highest BCUT2D eigenvalue weighted by Crippen LogP contribution is 2.39. The van der Waals surface area contributed by atoms with E-state index in [2.05, 4.69) is 16.8 Å². The van der Waals surface area contributed by atoms with Crippen LogP contribution < -0.4 is 0 Å². The first-order valence-corrected chi connectivity index (χ1v) is 25.6. The number of rotatable bonds is 14. The van der Waals surface area contributed by atoms with E-state index in [1.165, 1.54) is 14.0 Å². The summed E-state index contributed by atoms with van der Waals surface area (Å²) < 4.78 is 56.0. The van der Waals surface area contributed by atoms with Crippen LogP contribution in [0.25, 0.3) is 10.9 Å². The number of β-amino-alcohol motifs (C(OH)–C–C–N with tert-alkyl or cyclic N) is 1. The predicted octanol–water partition coefficient (Wildman–Crippen LogP) is 4.52. The zero-order valence-corrected chi connectivity index (χ0v) is 44.4. The third kappa shape index (κ3) is 16.4. The summed E-state index contributed by atoms with van der Waals surface area (Å²) in [6, 6.07) is 8.83. The van der Waals surface area contributed by atoms with Crippen LogP contribution in [0.2, 0.25) is 0 Å². The van der Waals surface area contributed by atoms with Crippen LogP contribution in [0, 0.1) is 23.7 Å². The van der Waals surface area contributed by atoms with Gasteiger partial charge in [0.25, 0.3) is 0 Å². The predicted molar refractivity (Wildman–Crippen MR) is 266 cm³/mol. The van der Waals surface area contributed by atoms with E-state index in [4.69, 9.17) is 42.6 Å². The second-order valence-corrected chi connectivity index (χ2v) is 20.2. The Morgan fingerprint density at radius 1 is 1.00 bits per heavy atom. The van der Waals surface area contributed by atoms with Crippen LogP contribution in [0.5, 0.6) is 0 Å². The first-order chi connectivity index (χ1) is 34.7. The molecule has 3 fully saturated rings. The molecular formula is C54H79N3O16. The molecule has 3 saturated heterocycles. The molecule has 1 aromatic carbocycles. The Morgan fingerprint density at radius 3 is 2.38 bits per heavy atom. The van der Waals surface area contributed by atoms with Gasteiger partial charge in [-0.1, -0.05) is 50.8 Å². The molecule has 2 aromatic rings. The number of hydrogen-bond acceptors (Lipinski definition) is 19. The van der Waals surface area contributed by atoms with Crippen molar-refractivity contribution in [2.75, 3.05) is 41.3 Å². The van der Waals surface area contributed by atoms with Crippen molar-refractivity contribution in [3.05, 3.63) is 42.1 Å². The van der Waals surface area contributed by atoms with E-state index in [1.807, 2.05) is 49.2 Å². The van der Waals surface area contributed by atoms with Crippen LogP contribution in [0.1, 0.15) is 112 Å². The van der Waals surface area contributed by atoms with E-state index in [0.717, 1.165) is 17.2 Å². The summed E-state index contributed by atoms with van der Waals surface area (Å²) in [5, 5.41) is 24.9. The molecule has 73 heavy (non-hydrogen) atoms. The van der Waals surface area contributed by atoms with E-state index in [0.29, 0.717) is 31.5 Å². The number of pyridine rings is 1. The molecule has 406 valence electrons. The van der Waals surface area contributed by atoms with Gasteiger partial charge in [0.2, 0.25) is 0 Å². The van der Waals surface area contributed by atoms with Gasteiger partial charge in [0.15, 0.2) is 24.3 Å².